The maximum atomic E-state index is 11.9. The summed E-state index contributed by atoms with van der Waals surface area (Å²) in [5.41, 5.74) is 5.62. The summed E-state index contributed by atoms with van der Waals surface area (Å²) in [6.45, 7) is 0.662. The van der Waals surface area contributed by atoms with E-state index in [-0.39, 0.29) is 12.3 Å². The predicted molar refractivity (Wildman–Crippen MR) is 94.5 cm³/mol. The van der Waals surface area contributed by atoms with Crippen molar-refractivity contribution < 1.29 is 14.4 Å². The second-order valence-electron chi connectivity index (χ2n) is 5.46. The molecule has 9 heteroatoms. The van der Waals surface area contributed by atoms with Crippen molar-refractivity contribution in [3.8, 4) is 0 Å². The molecule has 1 aliphatic heterocycles. The molecule has 0 atom stereocenters. The van der Waals surface area contributed by atoms with Gasteiger partial charge in [0.05, 0.1) is 12.1 Å². The van der Waals surface area contributed by atoms with E-state index in [1.54, 1.807) is 34.5 Å². The first kappa shape index (κ1) is 17.4. The summed E-state index contributed by atoms with van der Waals surface area (Å²) in [4.78, 5) is 41.5. The maximum Gasteiger partial charge on any atom is 0.269 e. The number of nitrogens with one attached hydrogen (secondary N) is 2. The quantitative estimate of drug-likeness (QED) is 0.795. The molecule has 0 bridgehead atoms. The molecule has 1 fully saturated rings. The van der Waals surface area contributed by atoms with E-state index in [1.807, 2.05) is 0 Å². The number of halogens is 1. The third kappa shape index (κ3) is 4.34. The Morgan fingerprint density at radius 1 is 1.24 bits per heavy atom. The van der Waals surface area contributed by atoms with Crippen LogP contribution in [0, 0.1) is 0 Å². The minimum Gasteiger partial charge on any atom is -0.288 e. The lowest BCUT2D eigenvalue weighted by atomic mass is 10.2. The maximum absolute atomic E-state index is 11.9. The van der Waals surface area contributed by atoms with E-state index in [2.05, 4.69) is 15.8 Å². The van der Waals surface area contributed by atoms with Crippen LogP contribution < -0.4 is 15.8 Å². The zero-order valence-electron chi connectivity index (χ0n) is 13.1. The van der Waals surface area contributed by atoms with Crippen LogP contribution in [0.15, 0.2) is 29.6 Å². The molecule has 0 aliphatic carbocycles. The van der Waals surface area contributed by atoms with Crippen molar-refractivity contribution in [3.63, 3.8) is 0 Å². The van der Waals surface area contributed by atoms with E-state index in [1.165, 1.54) is 11.3 Å². The second-order valence-corrected chi connectivity index (χ2v) is 6.73. The average Bonchev–Trinajstić information content (AvgIpc) is 3.22. The van der Waals surface area contributed by atoms with Gasteiger partial charge < -0.3 is 0 Å². The van der Waals surface area contributed by atoms with Crippen LogP contribution in [0.2, 0.25) is 5.02 Å². The van der Waals surface area contributed by atoms with E-state index in [4.69, 9.17) is 11.6 Å². The van der Waals surface area contributed by atoms with Crippen molar-refractivity contribution in [1.82, 2.24) is 15.8 Å². The van der Waals surface area contributed by atoms with E-state index in [9.17, 15) is 14.4 Å². The fourth-order valence-electron chi connectivity index (χ4n) is 2.36. The SMILES string of the molecule is O=C(Cc1csc(N2CCCC2=O)n1)NNC(=O)c1ccc(Cl)cc1. The zero-order chi connectivity index (χ0) is 17.8. The van der Waals surface area contributed by atoms with Crippen LogP contribution in [0.1, 0.15) is 28.9 Å². The fraction of sp³-hybridized carbons (Fsp3) is 0.250. The third-order valence-electron chi connectivity index (χ3n) is 3.61. The number of thiazole rings is 1. The van der Waals surface area contributed by atoms with Gasteiger partial charge in [-0.1, -0.05) is 11.6 Å². The lowest BCUT2D eigenvalue weighted by molar-refractivity contribution is -0.121. The highest BCUT2D eigenvalue weighted by Crippen LogP contribution is 2.25. The van der Waals surface area contributed by atoms with Crippen molar-refractivity contribution in [2.24, 2.45) is 0 Å². The number of anilines is 1. The van der Waals surface area contributed by atoms with Crippen LogP contribution in [0.3, 0.4) is 0 Å². The van der Waals surface area contributed by atoms with Crippen LogP contribution in [0.5, 0.6) is 0 Å². The zero-order valence-corrected chi connectivity index (χ0v) is 14.7. The van der Waals surface area contributed by atoms with Gasteiger partial charge in [-0.15, -0.1) is 11.3 Å². The highest BCUT2D eigenvalue weighted by atomic mass is 35.5. The minimum atomic E-state index is -0.438. The van der Waals surface area contributed by atoms with Gasteiger partial charge >= 0.3 is 0 Å². The lowest BCUT2D eigenvalue weighted by Crippen LogP contribution is -2.42. The molecule has 1 aromatic heterocycles. The first-order chi connectivity index (χ1) is 12.0. The number of amides is 3. The van der Waals surface area contributed by atoms with Gasteiger partial charge in [0.1, 0.15) is 0 Å². The highest BCUT2D eigenvalue weighted by molar-refractivity contribution is 7.14. The van der Waals surface area contributed by atoms with Gasteiger partial charge in [0.15, 0.2) is 5.13 Å². The molecule has 25 heavy (non-hydrogen) atoms. The number of aromatic nitrogens is 1. The van der Waals surface area contributed by atoms with E-state index < -0.39 is 11.8 Å². The number of rotatable bonds is 4. The number of hydrazine groups is 1. The fourth-order valence-corrected chi connectivity index (χ4v) is 3.35. The molecule has 1 aromatic carbocycles. The van der Waals surface area contributed by atoms with Crippen molar-refractivity contribution in [2.75, 3.05) is 11.4 Å². The summed E-state index contributed by atoms with van der Waals surface area (Å²) in [6, 6.07) is 6.30. The predicted octanol–water partition coefficient (Wildman–Crippen LogP) is 1.93. The number of carbonyl (C=O) groups is 3. The van der Waals surface area contributed by atoms with Crippen molar-refractivity contribution in [1.29, 1.82) is 0 Å². The van der Waals surface area contributed by atoms with Gasteiger partial charge in [-0.2, -0.15) is 0 Å². The Labute approximate surface area is 153 Å². The van der Waals surface area contributed by atoms with Gasteiger partial charge in [-0.25, -0.2) is 4.98 Å². The molecule has 0 unspecified atom stereocenters. The molecule has 3 amide bonds. The van der Waals surface area contributed by atoms with Gasteiger partial charge in [0.25, 0.3) is 5.91 Å². The summed E-state index contributed by atoms with van der Waals surface area (Å²) >= 11 is 7.09. The minimum absolute atomic E-state index is 0.0133. The van der Waals surface area contributed by atoms with Crippen LogP contribution in [0.4, 0.5) is 5.13 Å². The smallest absolute Gasteiger partial charge is 0.269 e. The average molecular weight is 379 g/mol. The molecule has 7 nitrogen and oxygen atoms in total. The third-order valence-corrected chi connectivity index (χ3v) is 4.77. The molecular weight excluding hydrogens is 364 g/mol. The molecular formula is C16H15ClN4O3S. The number of benzene rings is 1. The van der Waals surface area contributed by atoms with Crippen molar-refractivity contribution >= 4 is 45.8 Å². The molecule has 1 saturated heterocycles. The first-order valence-electron chi connectivity index (χ1n) is 7.62. The largest absolute Gasteiger partial charge is 0.288 e. The van der Waals surface area contributed by atoms with Crippen LogP contribution in [0.25, 0.3) is 0 Å². The second kappa shape index (κ2) is 7.62. The molecule has 0 spiro atoms. The molecule has 130 valence electrons. The van der Waals surface area contributed by atoms with Crippen LogP contribution in [-0.2, 0) is 16.0 Å². The molecule has 1 aliphatic rings. The molecule has 2 heterocycles. The molecule has 0 radical (unpaired) electrons. The van der Waals surface area contributed by atoms with Crippen LogP contribution >= 0.6 is 22.9 Å². The standard InChI is InChI=1S/C16H15ClN4O3S/c17-11-5-3-10(4-6-11)15(24)20-19-13(22)8-12-9-25-16(18-12)21-7-1-2-14(21)23/h3-6,9H,1-2,7-8H2,(H,19,22)(H,20,24). The van der Waals surface area contributed by atoms with Crippen LogP contribution in [-0.4, -0.2) is 29.3 Å². The molecule has 2 N–H and O–H groups in total. The van der Waals surface area contributed by atoms with Crippen molar-refractivity contribution in [3.05, 3.63) is 45.9 Å². The van der Waals surface area contributed by atoms with Gasteiger partial charge in [-0.05, 0) is 30.7 Å². The summed E-state index contributed by atoms with van der Waals surface area (Å²) in [6.07, 6.45) is 1.37. The Balaban J connectivity index is 1.51. The molecule has 2 aromatic rings. The van der Waals surface area contributed by atoms with Gasteiger partial charge in [-0.3, -0.25) is 30.1 Å². The van der Waals surface area contributed by atoms with E-state index >= 15 is 0 Å². The summed E-state index contributed by atoms with van der Waals surface area (Å²) in [7, 11) is 0. The number of carbonyl (C=O) groups excluding carboxylic acids is 3. The Hall–Kier alpha value is -2.45. The summed E-state index contributed by atoms with van der Waals surface area (Å²) in [5, 5.41) is 2.87. The Bertz CT molecular complexity index is 806. The Morgan fingerprint density at radius 3 is 2.68 bits per heavy atom. The number of nitrogens with zero attached hydrogens (tertiary/aromatic N) is 2. The Kier molecular flexibility index (Phi) is 5.30. The number of hydrogen-bond acceptors (Lipinski definition) is 5. The normalized spacial score (nSPS) is 13.8. The van der Waals surface area contributed by atoms with E-state index in [0.717, 1.165) is 6.42 Å². The first-order valence-corrected chi connectivity index (χ1v) is 8.88. The molecule has 3 rings (SSSR count). The van der Waals surface area contributed by atoms with Gasteiger partial charge in [0.2, 0.25) is 11.8 Å². The monoisotopic (exact) mass is 378 g/mol. The lowest BCUT2D eigenvalue weighted by Gasteiger charge is -2.10. The van der Waals surface area contributed by atoms with E-state index in [0.29, 0.717) is 34.4 Å². The Morgan fingerprint density at radius 2 is 2.00 bits per heavy atom. The van der Waals surface area contributed by atoms with Crippen molar-refractivity contribution in [2.45, 2.75) is 19.3 Å². The number of hydrogen-bond donors (Lipinski definition) is 2. The summed E-state index contributed by atoms with van der Waals surface area (Å²) < 4.78 is 0. The van der Waals surface area contributed by atoms with Gasteiger partial charge in [0, 0.05) is 28.9 Å². The topological polar surface area (TPSA) is 91.4 Å². The molecule has 0 saturated carbocycles. The highest BCUT2D eigenvalue weighted by Gasteiger charge is 2.24. The summed E-state index contributed by atoms with van der Waals surface area (Å²) in [5.74, 6) is -0.779.